The molecule has 0 aliphatic rings. The Balaban J connectivity index is 2.15. The topological polar surface area (TPSA) is 43.3 Å². The maximum Gasteiger partial charge on any atom is 0.194 e. The van der Waals surface area contributed by atoms with Crippen LogP contribution < -0.4 is 5.73 Å². The predicted octanol–water partition coefficient (Wildman–Crippen LogP) is 2.78. The first-order chi connectivity index (χ1) is 7.74. The van der Waals surface area contributed by atoms with Crippen molar-refractivity contribution in [2.24, 2.45) is 0 Å². The molecule has 80 valence electrons. The van der Waals surface area contributed by atoms with Gasteiger partial charge in [-0.1, -0.05) is 0 Å². The second kappa shape index (κ2) is 3.31. The normalized spacial score (nSPS) is 11.1. The number of hydrogen-bond acceptors (Lipinski definition) is 3. The van der Waals surface area contributed by atoms with Gasteiger partial charge in [0.2, 0.25) is 0 Å². The summed E-state index contributed by atoms with van der Waals surface area (Å²) in [6.45, 7) is 0. The van der Waals surface area contributed by atoms with Gasteiger partial charge in [-0.15, -0.1) is 11.3 Å². The molecule has 0 saturated heterocycles. The van der Waals surface area contributed by atoms with Crippen LogP contribution in [0.4, 0.5) is 10.1 Å². The number of aromatic nitrogens is 2. The second-order valence-corrected chi connectivity index (χ2v) is 4.33. The van der Waals surface area contributed by atoms with Crippen LogP contribution in [0.3, 0.4) is 0 Å². The summed E-state index contributed by atoms with van der Waals surface area (Å²) < 4.78 is 14.9. The van der Waals surface area contributed by atoms with Crippen LogP contribution in [0.2, 0.25) is 0 Å². The lowest BCUT2D eigenvalue weighted by Crippen LogP contribution is -1.90. The fourth-order valence-electron chi connectivity index (χ4n) is 1.57. The number of nitrogens with zero attached hydrogens (tertiary/aromatic N) is 2. The number of hydrogen-bond donors (Lipinski definition) is 1. The number of fused-ring (bicyclic) bond motifs is 1. The van der Waals surface area contributed by atoms with Crippen LogP contribution in [-0.4, -0.2) is 9.38 Å². The van der Waals surface area contributed by atoms with Crippen molar-refractivity contribution in [2.75, 3.05) is 5.73 Å². The molecule has 16 heavy (non-hydrogen) atoms. The molecule has 0 unspecified atom stereocenters. The number of rotatable bonds is 1. The Bertz CT molecular complexity index is 628. The van der Waals surface area contributed by atoms with Crippen molar-refractivity contribution >= 4 is 22.0 Å². The first-order valence-corrected chi connectivity index (χ1v) is 5.59. The van der Waals surface area contributed by atoms with E-state index in [1.165, 1.54) is 6.07 Å². The molecular weight excluding hydrogens is 225 g/mol. The molecule has 0 fully saturated rings. The number of benzene rings is 1. The Hall–Kier alpha value is -1.88. The molecule has 3 aromatic rings. The molecule has 1 aromatic carbocycles. The molecule has 3 rings (SSSR count). The Kier molecular flexibility index (Phi) is 1.94. The van der Waals surface area contributed by atoms with Crippen molar-refractivity contribution in [3.63, 3.8) is 0 Å². The highest BCUT2D eigenvalue weighted by atomic mass is 32.1. The van der Waals surface area contributed by atoms with E-state index in [9.17, 15) is 4.39 Å². The molecule has 0 radical (unpaired) electrons. The number of halogens is 1. The molecule has 0 saturated carbocycles. The summed E-state index contributed by atoms with van der Waals surface area (Å²) >= 11 is 1.56. The summed E-state index contributed by atoms with van der Waals surface area (Å²) in [7, 11) is 0. The van der Waals surface area contributed by atoms with Crippen molar-refractivity contribution in [1.82, 2.24) is 9.38 Å². The monoisotopic (exact) mass is 233 g/mol. The maximum absolute atomic E-state index is 13.0. The van der Waals surface area contributed by atoms with Gasteiger partial charge in [0.1, 0.15) is 5.82 Å². The zero-order valence-corrected chi connectivity index (χ0v) is 9.04. The lowest BCUT2D eigenvalue weighted by Gasteiger charge is -1.99. The molecule has 0 amide bonds. The van der Waals surface area contributed by atoms with Crippen molar-refractivity contribution in [3.05, 3.63) is 41.8 Å². The first-order valence-electron chi connectivity index (χ1n) is 4.71. The summed E-state index contributed by atoms with van der Waals surface area (Å²) in [5.74, 6) is -0.398. The Morgan fingerprint density at radius 3 is 3.00 bits per heavy atom. The molecule has 2 N–H and O–H groups in total. The van der Waals surface area contributed by atoms with Gasteiger partial charge >= 0.3 is 0 Å². The van der Waals surface area contributed by atoms with Crippen LogP contribution in [0, 0.1) is 5.82 Å². The lowest BCUT2D eigenvalue weighted by molar-refractivity contribution is 0.632. The summed E-state index contributed by atoms with van der Waals surface area (Å²) in [5, 5.41) is 1.96. The number of imidazole rings is 1. The highest BCUT2D eigenvalue weighted by molar-refractivity contribution is 7.15. The van der Waals surface area contributed by atoms with Gasteiger partial charge in [-0.05, 0) is 18.2 Å². The summed E-state index contributed by atoms with van der Waals surface area (Å²) in [4.78, 5) is 5.33. The van der Waals surface area contributed by atoms with E-state index >= 15 is 0 Å². The number of nitrogen functional groups attached to an aromatic ring is 1. The van der Waals surface area contributed by atoms with Gasteiger partial charge in [0, 0.05) is 23.3 Å². The first kappa shape index (κ1) is 9.35. The molecule has 0 spiro atoms. The van der Waals surface area contributed by atoms with Crippen LogP contribution >= 0.6 is 11.3 Å². The average molecular weight is 233 g/mol. The van der Waals surface area contributed by atoms with Crippen molar-refractivity contribution in [2.45, 2.75) is 0 Å². The molecule has 3 nitrogen and oxygen atoms in total. The Morgan fingerprint density at radius 2 is 2.25 bits per heavy atom. The van der Waals surface area contributed by atoms with E-state index in [4.69, 9.17) is 5.73 Å². The third-order valence-electron chi connectivity index (χ3n) is 2.39. The molecule has 0 bridgehead atoms. The van der Waals surface area contributed by atoms with Crippen LogP contribution in [0.1, 0.15) is 0 Å². The van der Waals surface area contributed by atoms with E-state index in [0.717, 1.165) is 16.2 Å². The Morgan fingerprint density at radius 1 is 1.38 bits per heavy atom. The molecule has 2 aromatic heterocycles. The highest BCUT2D eigenvalue weighted by Crippen LogP contribution is 2.24. The second-order valence-electron chi connectivity index (χ2n) is 3.46. The summed E-state index contributed by atoms with van der Waals surface area (Å²) in [6.07, 6.45) is 3.84. The number of anilines is 1. The van der Waals surface area contributed by atoms with Gasteiger partial charge in [-0.25, -0.2) is 9.37 Å². The van der Waals surface area contributed by atoms with Crippen molar-refractivity contribution in [3.8, 4) is 11.3 Å². The largest absolute Gasteiger partial charge is 0.396 e. The van der Waals surface area contributed by atoms with E-state index in [-0.39, 0.29) is 5.69 Å². The Labute approximate surface area is 95.0 Å². The van der Waals surface area contributed by atoms with Crippen LogP contribution in [0.25, 0.3) is 16.2 Å². The fourth-order valence-corrected chi connectivity index (χ4v) is 2.27. The number of nitrogens with two attached hydrogens (primary N) is 1. The van der Waals surface area contributed by atoms with E-state index in [1.807, 2.05) is 22.2 Å². The van der Waals surface area contributed by atoms with Gasteiger partial charge in [0.15, 0.2) is 4.96 Å². The van der Waals surface area contributed by atoms with Crippen LogP contribution in [0.5, 0.6) is 0 Å². The van der Waals surface area contributed by atoms with Gasteiger partial charge in [0.05, 0.1) is 11.4 Å². The van der Waals surface area contributed by atoms with Gasteiger partial charge in [0.25, 0.3) is 0 Å². The minimum absolute atomic E-state index is 0.147. The van der Waals surface area contributed by atoms with Crippen LogP contribution in [0.15, 0.2) is 36.0 Å². The third-order valence-corrected chi connectivity index (χ3v) is 3.16. The quantitative estimate of drug-likeness (QED) is 0.657. The molecular formula is C11H8FN3S. The minimum Gasteiger partial charge on any atom is -0.396 e. The molecule has 0 aliphatic heterocycles. The fraction of sp³-hybridized carbons (Fsp3) is 0. The predicted molar refractivity (Wildman–Crippen MR) is 62.9 cm³/mol. The highest BCUT2D eigenvalue weighted by Gasteiger charge is 2.07. The standard InChI is InChI=1S/C11H8FN3S/c12-8-2-1-7(5-9(8)13)10-6-15-3-4-16-11(15)14-10/h1-6H,13H2. The third kappa shape index (κ3) is 1.37. The average Bonchev–Trinajstić information content (AvgIpc) is 2.81. The molecule has 5 heteroatoms. The summed E-state index contributed by atoms with van der Waals surface area (Å²) in [6, 6.07) is 4.64. The summed E-state index contributed by atoms with van der Waals surface area (Å²) in [5.41, 5.74) is 7.30. The zero-order valence-electron chi connectivity index (χ0n) is 8.22. The van der Waals surface area contributed by atoms with Gasteiger partial charge < -0.3 is 5.73 Å². The SMILES string of the molecule is Nc1cc(-c2cn3ccsc3n2)ccc1F. The van der Waals surface area contributed by atoms with E-state index in [2.05, 4.69) is 4.98 Å². The molecule has 0 atom stereocenters. The molecule has 2 heterocycles. The molecule has 0 aliphatic carbocycles. The minimum atomic E-state index is -0.398. The van der Waals surface area contributed by atoms with Crippen molar-refractivity contribution < 1.29 is 4.39 Å². The van der Waals surface area contributed by atoms with Crippen LogP contribution in [-0.2, 0) is 0 Å². The maximum atomic E-state index is 13.0. The van der Waals surface area contributed by atoms with E-state index in [1.54, 1.807) is 23.5 Å². The number of thiazole rings is 1. The smallest absolute Gasteiger partial charge is 0.194 e. The van der Waals surface area contributed by atoms with E-state index in [0.29, 0.717) is 0 Å². The van der Waals surface area contributed by atoms with Crippen molar-refractivity contribution in [1.29, 1.82) is 0 Å². The zero-order chi connectivity index (χ0) is 11.1. The van der Waals surface area contributed by atoms with Gasteiger partial charge in [-0.2, -0.15) is 0 Å². The van der Waals surface area contributed by atoms with Gasteiger partial charge in [-0.3, -0.25) is 4.40 Å². The van der Waals surface area contributed by atoms with E-state index < -0.39 is 5.82 Å². The lowest BCUT2D eigenvalue weighted by atomic mass is 10.1.